The summed E-state index contributed by atoms with van der Waals surface area (Å²) in [6.45, 7) is 10.7. The molecule has 3 N–H and O–H groups in total. The van der Waals surface area contributed by atoms with Crippen LogP contribution in [0.3, 0.4) is 0 Å². The van der Waals surface area contributed by atoms with E-state index < -0.39 is 5.54 Å². The minimum absolute atomic E-state index is 0.229. The summed E-state index contributed by atoms with van der Waals surface area (Å²) in [6.07, 6.45) is 5.54. The van der Waals surface area contributed by atoms with Crippen molar-refractivity contribution in [3.63, 3.8) is 0 Å². The molecule has 1 rings (SSSR count). The van der Waals surface area contributed by atoms with Crippen LogP contribution in [-0.4, -0.2) is 42.5 Å². The van der Waals surface area contributed by atoms with E-state index in [1.807, 2.05) is 6.92 Å². The zero-order chi connectivity index (χ0) is 14.3. The monoisotopic (exact) mass is 269 g/mol. The van der Waals surface area contributed by atoms with Crippen LogP contribution in [0.25, 0.3) is 0 Å². The third kappa shape index (κ3) is 5.49. The predicted molar refractivity (Wildman–Crippen MR) is 80.0 cm³/mol. The number of hydrogen-bond acceptors (Lipinski definition) is 3. The highest BCUT2D eigenvalue weighted by atomic mass is 16.1. The molecule has 1 aliphatic rings. The molecule has 0 aromatic rings. The Morgan fingerprint density at radius 3 is 2.84 bits per heavy atom. The van der Waals surface area contributed by atoms with Crippen LogP contribution < -0.4 is 11.1 Å². The molecule has 2 atom stereocenters. The second-order valence-corrected chi connectivity index (χ2v) is 6.27. The summed E-state index contributed by atoms with van der Waals surface area (Å²) in [5, 5.41) is 3.30. The summed E-state index contributed by atoms with van der Waals surface area (Å²) in [5.41, 5.74) is 4.99. The van der Waals surface area contributed by atoms with Gasteiger partial charge in [0.15, 0.2) is 0 Å². The molecule has 1 fully saturated rings. The van der Waals surface area contributed by atoms with Crippen molar-refractivity contribution in [1.82, 2.24) is 10.2 Å². The van der Waals surface area contributed by atoms with Crippen LogP contribution in [-0.2, 0) is 4.79 Å². The number of likely N-dealkylation sites (tertiary alicyclic amines) is 1. The van der Waals surface area contributed by atoms with E-state index in [0.29, 0.717) is 0 Å². The fourth-order valence-corrected chi connectivity index (χ4v) is 2.85. The molecule has 4 heteroatoms. The van der Waals surface area contributed by atoms with Crippen molar-refractivity contribution in [2.75, 3.05) is 26.2 Å². The van der Waals surface area contributed by atoms with Gasteiger partial charge in [0.2, 0.25) is 5.91 Å². The number of nitrogens with two attached hydrogens (primary N) is 1. The Labute approximate surface area is 118 Å². The van der Waals surface area contributed by atoms with Crippen molar-refractivity contribution in [2.45, 2.75) is 58.4 Å². The first-order valence-corrected chi connectivity index (χ1v) is 7.75. The smallest absolute Gasteiger partial charge is 0.237 e. The molecule has 0 saturated carbocycles. The third-order valence-corrected chi connectivity index (χ3v) is 4.20. The summed E-state index contributed by atoms with van der Waals surface area (Å²) in [7, 11) is 0. The van der Waals surface area contributed by atoms with Gasteiger partial charge in [-0.05, 0) is 64.6 Å². The van der Waals surface area contributed by atoms with Crippen molar-refractivity contribution in [1.29, 1.82) is 0 Å². The van der Waals surface area contributed by atoms with Crippen LogP contribution in [0, 0.1) is 5.92 Å². The number of nitrogens with zero attached hydrogens (tertiary/aromatic N) is 1. The van der Waals surface area contributed by atoms with Crippen LogP contribution in [0.1, 0.15) is 52.9 Å². The summed E-state index contributed by atoms with van der Waals surface area (Å²) in [6, 6.07) is 0. The van der Waals surface area contributed by atoms with Gasteiger partial charge < -0.3 is 16.0 Å². The molecule has 0 aliphatic carbocycles. The molecule has 0 aromatic heterocycles. The Bertz CT molecular complexity index is 283. The molecule has 0 spiro atoms. The number of piperidine rings is 1. The predicted octanol–water partition coefficient (Wildman–Crippen LogP) is 1.74. The number of rotatable bonds is 8. The first-order valence-electron chi connectivity index (χ1n) is 7.75. The lowest BCUT2D eigenvalue weighted by Crippen LogP contribution is -2.53. The molecule has 1 saturated heterocycles. The lowest BCUT2D eigenvalue weighted by molar-refractivity contribution is -0.124. The molecule has 112 valence electrons. The van der Waals surface area contributed by atoms with Gasteiger partial charge in [-0.25, -0.2) is 0 Å². The van der Waals surface area contributed by atoms with Crippen LogP contribution in [0.15, 0.2) is 0 Å². The van der Waals surface area contributed by atoms with Gasteiger partial charge in [0.25, 0.3) is 0 Å². The maximum Gasteiger partial charge on any atom is 0.237 e. The first-order chi connectivity index (χ1) is 8.98. The minimum Gasteiger partial charge on any atom is -0.368 e. The normalized spacial score (nSPS) is 24.1. The quantitative estimate of drug-likeness (QED) is 0.706. The van der Waals surface area contributed by atoms with Crippen molar-refractivity contribution in [3.05, 3.63) is 0 Å². The standard InChI is InChI=1S/C15H31N3O/c1-4-9-17-15(3,14(16)19)8-6-11-18-10-5-7-13(2)12-18/h13,17H,4-12H2,1-3H3,(H2,16,19). The maximum absolute atomic E-state index is 11.6. The second-order valence-electron chi connectivity index (χ2n) is 6.27. The van der Waals surface area contributed by atoms with Gasteiger partial charge >= 0.3 is 0 Å². The van der Waals surface area contributed by atoms with E-state index in [-0.39, 0.29) is 5.91 Å². The molecule has 4 nitrogen and oxygen atoms in total. The Kier molecular flexibility index (Phi) is 6.80. The highest BCUT2D eigenvalue weighted by Crippen LogP contribution is 2.18. The van der Waals surface area contributed by atoms with Gasteiger partial charge in [0.05, 0.1) is 5.54 Å². The Hall–Kier alpha value is -0.610. The maximum atomic E-state index is 11.6. The van der Waals surface area contributed by atoms with Gasteiger partial charge in [-0.2, -0.15) is 0 Å². The number of carbonyl (C=O) groups excluding carboxylic acids is 1. The van der Waals surface area contributed by atoms with Gasteiger partial charge in [-0.3, -0.25) is 4.79 Å². The van der Waals surface area contributed by atoms with Gasteiger partial charge in [0.1, 0.15) is 0 Å². The molecular weight excluding hydrogens is 238 g/mol. The van der Waals surface area contributed by atoms with Gasteiger partial charge in [-0.15, -0.1) is 0 Å². The van der Waals surface area contributed by atoms with Crippen LogP contribution >= 0.6 is 0 Å². The highest BCUT2D eigenvalue weighted by Gasteiger charge is 2.29. The van der Waals surface area contributed by atoms with E-state index in [0.717, 1.165) is 38.3 Å². The average Bonchev–Trinajstić information content (AvgIpc) is 2.36. The Balaban J connectivity index is 2.33. The van der Waals surface area contributed by atoms with Crippen LogP contribution in [0.4, 0.5) is 0 Å². The van der Waals surface area contributed by atoms with E-state index in [9.17, 15) is 4.79 Å². The molecule has 2 unspecified atom stereocenters. The second kappa shape index (κ2) is 7.85. The molecule has 1 heterocycles. The van der Waals surface area contributed by atoms with E-state index >= 15 is 0 Å². The van der Waals surface area contributed by atoms with E-state index in [2.05, 4.69) is 24.1 Å². The third-order valence-electron chi connectivity index (χ3n) is 4.20. The number of nitrogens with one attached hydrogen (secondary N) is 1. The van der Waals surface area contributed by atoms with Crippen molar-refractivity contribution < 1.29 is 4.79 Å². The van der Waals surface area contributed by atoms with Crippen LogP contribution in [0.5, 0.6) is 0 Å². The summed E-state index contributed by atoms with van der Waals surface area (Å²) in [5.74, 6) is 0.586. The van der Waals surface area contributed by atoms with E-state index in [1.165, 1.54) is 25.9 Å². The van der Waals surface area contributed by atoms with E-state index in [4.69, 9.17) is 5.73 Å². The molecule has 0 bridgehead atoms. The van der Waals surface area contributed by atoms with Gasteiger partial charge in [0, 0.05) is 6.54 Å². The highest BCUT2D eigenvalue weighted by molar-refractivity contribution is 5.84. The Morgan fingerprint density at radius 2 is 2.26 bits per heavy atom. The van der Waals surface area contributed by atoms with Gasteiger partial charge in [-0.1, -0.05) is 13.8 Å². The average molecular weight is 269 g/mol. The van der Waals surface area contributed by atoms with E-state index in [1.54, 1.807) is 0 Å². The molecule has 0 aromatic carbocycles. The van der Waals surface area contributed by atoms with Crippen molar-refractivity contribution in [3.8, 4) is 0 Å². The number of amides is 1. The minimum atomic E-state index is -0.544. The first kappa shape index (κ1) is 16.4. The zero-order valence-electron chi connectivity index (χ0n) is 12.9. The number of carbonyl (C=O) groups is 1. The fourth-order valence-electron chi connectivity index (χ4n) is 2.85. The number of primary amides is 1. The molecular formula is C15H31N3O. The fraction of sp³-hybridized carbons (Fsp3) is 0.933. The lowest BCUT2D eigenvalue weighted by atomic mass is 9.94. The molecule has 1 amide bonds. The molecule has 19 heavy (non-hydrogen) atoms. The van der Waals surface area contributed by atoms with Crippen molar-refractivity contribution in [2.24, 2.45) is 11.7 Å². The molecule has 1 aliphatic heterocycles. The summed E-state index contributed by atoms with van der Waals surface area (Å²) < 4.78 is 0. The van der Waals surface area contributed by atoms with Crippen LogP contribution in [0.2, 0.25) is 0 Å². The molecule has 0 radical (unpaired) electrons. The topological polar surface area (TPSA) is 58.4 Å². The van der Waals surface area contributed by atoms with Crippen molar-refractivity contribution >= 4 is 5.91 Å². The largest absolute Gasteiger partial charge is 0.368 e. The SMILES string of the molecule is CCCNC(C)(CCCN1CCCC(C)C1)C(N)=O. The summed E-state index contributed by atoms with van der Waals surface area (Å²) >= 11 is 0. The Morgan fingerprint density at radius 1 is 1.53 bits per heavy atom. The lowest BCUT2D eigenvalue weighted by Gasteiger charge is -2.32. The summed E-state index contributed by atoms with van der Waals surface area (Å²) in [4.78, 5) is 14.1. The zero-order valence-corrected chi connectivity index (χ0v) is 12.9. The number of hydrogen-bond donors (Lipinski definition) is 2.